The maximum Gasteiger partial charge on any atom is 0.236 e. The van der Waals surface area contributed by atoms with Crippen molar-refractivity contribution >= 4 is 69.1 Å². The van der Waals surface area contributed by atoms with Gasteiger partial charge in [0.25, 0.3) is 0 Å². The molecule has 2 aromatic heterocycles. The van der Waals surface area contributed by atoms with E-state index < -0.39 is 0 Å². The maximum atomic E-state index is 12.4. The molecule has 33 heavy (non-hydrogen) atoms. The van der Waals surface area contributed by atoms with E-state index in [4.69, 9.17) is 23.2 Å². The van der Waals surface area contributed by atoms with E-state index in [1.54, 1.807) is 17.8 Å². The van der Waals surface area contributed by atoms with Gasteiger partial charge in [-0.05, 0) is 17.7 Å². The van der Waals surface area contributed by atoms with Crippen LogP contribution in [0.15, 0.2) is 59.1 Å². The number of aromatic nitrogens is 4. The van der Waals surface area contributed by atoms with E-state index in [1.807, 2.05) is 59.5 Å². The molecule has 2 aromatic carbocycles. The highest BCUT2D eigenvalue weighted by molar-refractivity contribution is 7.99. The van der Waals surface area contributed by atoms with Crippen molar-refractivity contribution in [2.75, 3.05) is 11.1 Å². The number of carbonyl (C=O) groups excluding carboxylic acids is 1. The second kappa shape index (κ2) is 11.4. The highest BCUT2D eigenvalue weighted by atomic mass is 35.5. The zero-order chi connectivity index (χ0) is 23.2. The van der Waals surface area contributed by atoms with Crippen molar-refractivity contribution in [3.05, 3.63) is 75.3 Å². The van der Waals surface area contributed by atoms with Crippen molar-refractivity contribution in [2.45, 2.75) is 16.7 Å². The van der Waals surface area contributed by atoms with Crippen LogP contribution in [-0.2, 0) is 23.3 Å². The lowest BCUT2D eigenvalue weighted by Crippen LogP contribution is -2.14. The minimum absolute atomic E-state index is 0.134. The highest BCUT2D eigenvalue weighted by Gasteiger charge is 2.13. The molecule has 0 radical (unpaired) electrons. The summed E-state index contributed by atoms with van der Waals surface area (Å²) in [6.07, 6.45) is 0. The van der Waals surface area contributed by atoms with Gasteiger partial charge in [-0.2, -0.15) is 0 Å². The second-order valence-corrected chi connectivity index (χ2v) is 10.6. The maximum absolute atomic E-state index is 12.4. The number of anilines is 1. The molecule has 6 nitrogen and oxygen atoms in total. The fourth-order valence-electron chi connectivity index (χ4n) is 2.85. The first-order chi connectivity index (χ1) is 16.0. The van der Waals surface area contributed by atoms with Crippen molar-refractivity contribution in [3.8, 4) is 11.3 Å². The third-order valence-electron chi connectivity index (χ3n) is 4.58. The summed E-state index contributed by atoms with van der Waals surface area (Å²) in [6.45, 7) is 0. The van der Waals surface area contributed by atoms with Crippen LogP contribution in [0.25, 0.3) is 11.3 Å². The van der Waals surface area contributed by atoms with Gasteiger partial charge in [0, 0.05) is 33.8 Å². The van der Waals surface area contributed by atoms with Crippen molar-refractivity contribution < 1.29 is 4.79 Å². The Hall–Kier alpha value is -2.04. The van der Waals surface area contributed by atoms with Crippen LogP contribution in [0.4, 0.5) is 5.13 Å². The van der Waals surface area contributed by atoms with Gasteiger partial charge in [-0.15, -0.1) is 33.3 Å². The third-order valence-corrected chi connectivity index (χ3v) is 7.92. The molecule has 1 amide bonds. The standard InChI is InChI=1S/C22H19Cl2N5OS3/c1-29-19(12-31-10-15-7-8-16(23)9-17(15)24)27-28-22(29)33-13-20(30)26-21-25-18(11-32-21)14-5-3-2-4-6-14/h2-9,11H,10,12-13H2,1H3,(H,25,26,30). The molecule has 0 spiro atoms. The number of carbonyl (C=O) groups is 1. The number of nitrogens with zero attached hydrogens (tertiary/aromatic N) is 4. The first-order valence-corrected chi connectivity index (χ1v) is 13.6. The summed E-state index contributed by atoms with van der Waals surface area (Å²) in [5, 5.41) is 15.8. The van der Waals surface area contributed by atoms with Crippen molar-refractivity contribution in [1.82, 2.24) is 19.7 Å². The van der Waals surface area contributed by atoms with Crippen LogP contribution in [0.5, 0.6) is 0 Å². The molecule has 0 atom stereocenters. The summed E-state index contributed by atoms with van der Waals surface area (Å²) in [7, 11) is 1.90. The molecule has 1 N–H and O–H groups in total. The molecule has 4 aromatic rings. The van der Waals surface area contributed by atoms with E-state index in [-0.39, 0.29) is 11.7 Å². The van der Waals surface area contributed by atoms with Gasteiger partial charge in [0.05, 0.1) is 17.2 Å². The molecular formula is C22H19Cl2N5OS3. The number of hydrogen-bond donors (Lipinski definition) is 1. The van der Waals surface area contributed by atoms with Crippen LogP contribution in [0, 0.1) is 0 Å². The molecule has 0 saturated heterocycles. The number of thiazole rings is 1. The van der Waals surface area contributed by atoms with Crippen molar-refractivity contribution in [3.63, 3.8) is 0 Å². The van der Waals surface area contributed by atoms with Crippen LogP contribution in [0.2, 0.25) is 10.0 Å². The predicted octanol–water partition coefficient (Wildman–Crippen LogP) is 6.41. The summed E-state index contributed by atoms with van der Waals surface area (Å²) >= 11 is 16.6. The number of nitrogens with one attached hydrogen (secondary N) is 1. The van der Waals surface area contributed by atoms with Crippen LogP contribution in [-0.4, -0.2) is 31.4 Å². The molecule has 0 aliphatic heterocycles. The van der Waals surface area contributed by atoms with E-state index in [2.05, 4.69) is 20.5 Å². The largest absolute Gasteiger partial charge is 0.308 e. The summed E-state index contributed by atoms with van der Waals surface area (Å²) in [5.41, 5.74) is 2.89. The molecule has 4 rings (SSSR count). The van der Waals surface area contributed by atoms with Gasteiger partial charge in [0.1, 0.15) is 5.82 Å². The van der Waals surface area contributed by atoms with E-state index in [0.29, 0.717) is 26.1 Å². The smallest absolute Gasteiger partial charge is 0.236 e. The second-order valence-electron chi connectivity index (χ2n) is 6.93. The fraction of sp³-hybridized carbons (Fsp3) is 0.182. The van der Waals surface area contributed by atoms with Gasteiger partial charge in [0.15, 0.2) is 10.3 Å². The number of benzene rings is 2. The number of thioether (sulfide) groups is 2. The number of rotatable bonds is 9. The zero-order valence-corrected chi connectivity index (χ0v) is 21.5. The summed E-state index contributed by atoms with van der Waals surface area (Å²) in [6, 6.07) is 15.4. The number of hydrogen-bond acceptors (Lipinski definition) is 7. The lowest BCUT2D eigenvalue weighted by atomic mass is 10.2. The predicted molar refractivity (Wildman–Crippen MR) is 139 cm³/mol. The minimum Gasteiger partial charge on any atom is -0.308 e. The van der Waals surface area contributed by atoms with E-state index in [1.165, 1.54) is 23.1 Å². The summed E-state index contributed by atoms with van der Waals surface area (Å²) < 4.78 is 1.91. The lowest BCUT2D eigenvalue weighted by molar-refractivity contribution is -0.113. The normalized spacial score (nSPS) is 11.0. The zero-order valence-electron chi connectivity index (χ0n) is 17.5. The average Bonchev–Trinajstić information content (AvgIpc) is 3.41. The molecular weight excluding hydrogens is 517 g/mol. The Morgan fingerprint density at radius 3 is 2.73 bits per heavy atom. The van der Waals surface area contributed by atoms with Gasteiger partial charge < -0.3 is 9.88 Å². The fourth-order valence-corrected chi connectivity index (χ4v) is 5.87. The molecule has 0 unspecified atom stereocenters. The van der Waals surface area contributed by atoms with Gasteiger partial charge in [0.2, 0.25) is 5.91 Å². The number of amides is 1. The molecule has 2 heterocycles. The van der Waals surface area contributed by atoms with Gasteiger partial charge >= 0.3 is 0 Å². The molecule has 11 heteroatoms. The molecule has 0 aliphatic carbocycles. The topological polar surface area (TPSA) is 72.7 Å². The summed E-state index contributed by atoms with van der Waals surface area (Å²) in [4.78, 5) is 16.9. The molecule has 0 bridgehead atoms. The van der Waals surface area contributed by atoms with Crippen LogP contribution in [0.1, 0.15) is 11.4 Å². The highest BCUT2D eigenvalue weighted by Crippen LogP contribution is 2.27. The first kappa shape index (κ1) is 24.1. The minimum atomic E-state index is -0.134. The van der Waals surface area contributed by atoms with Crippen molar-refractivity contribution in [2.24, 2.45) is 7.05 Å². The molecule has 170 valence electrons. The SMILES string of the molecule is Cn1c(CSCc2ccc(Cl)cc2Cl)nnc1SCC(=O)Nc1nc(-c2ccccc2)cs1. The summed E-state index contributed by atoms with van der Waals surface area (Å²) in [5.74, 6) is 2.34. The van der Waals surface area contributed by atoms with Crippen LogP contribution in [0.3, 0.4) is 0 Å². The lowest BCUT2D eigenvalue weighted by Gasteiger charge is -2.06. The van der Waals surface area contributed by atoms with Gasteiger partial charge in [-0.25, -0.2) is 4.98 Å². The Morgan fingerprint density at radius 2 is 1.94 bits per heavy atom. The van der Waals surface area contributed by atoms with Crippen molar-refractivity contribution in [1.29, 1.82) is 0 Å². The molecule has 0 saturated carbocycles. The Balaban J connectivity index is 1.26. The Morgan fingerprint density at radius 1 is 1.12 bits per heavy atom. The Labute approximate surface area is 214 Å². The van der Waals surface area contributed by atoms with E-state index in [0.717, 1.165) is 28.4 Å². The van der Waals surface area contributed by atoms with E-state index >= 15 is 0 Å². The van der Waals surface area contributed by atoms with Gasteiger partial charge in [-0.3, -0.25) is 4.79 Å². The third kappa shape index (κ3) is 6.51. The van der Waals surface area contributed by atoms with Crippen LogP contribution < -0.4 is 5.32 Å². The molecule has 0 aliphatic rings. The average molecular weight is 537 g/mol. The quantitative estimate of drug-likeness (QED) is 0.249. The Bertz CT molecular complexity index is 1250. The molecule has 0 fully saturated rings. The van der Waals surface area contributed by atoms with Gasteiger partial charge in [-0.1, -0.05) is 71.4 Å². The first-order valence-electron chi connectivity index (χ1n) is 9.83. The number of halogens is 2. The monoisotopic (exact) mass is 535 g/mol. The Kier molecular flexibility index (Phi) is 8.32. The van der Waals surface area contributed by atoms with Crippen LogP contribution >= 0.6 is 58.1 Å². The van der Waals surface area contributed by atoms with E-state index in [9.17, 15) is 4.79 Å².